The molecule has 0 heterocycles. The summed E-state index contributed by atoms with van der Waals surface area (Å²) in [6, 6.07) is 0. The monoisotopic (exact) mass is 534 g/mol. The van der Waals surface area contributed by atoms with Gasteiger partial charge in [-0.05, 0) is 6.42 Å². The molecule has 0 aliphatic heterocycles. The molecule has 0 saturated heterocycles. The van der Waals surface area contributed by atoms with Gasteiger partial charge >= 0.3 is 0 Å². The lowest BCUT2D eigenvalue weighted by atomic mass is 10.0. The quantitative estimate of drug-likeness (QED) is 0.0710. The molecule has 38 heavy (non-hydrogen) atoms. The molecule has 0 aliphatic rings. The maximum absolute atomic E-state index is 2.58. The van der Waals surface area contributed by atoms with Crippen molar-refractivity contribution in [2.45, 2.75) is 239 Å². The van der Waals surface area contributed by atoms with Crippen LogP contribution in [0, 0.1) is 6.42 Å². The molecular weight excluding hydrogens is 456 g/mol. The fourth-order valence-electron chi connectivity index (χ4n) is 5.99. The average molecular weight is 534 g/mol. The molecule has 0 rings (SSSR count). The van der Waals surface area contributed by atoms with E-state index in [1.807, 2.05) is 0 Å². The smallest absolute Gasteiger partial charge is 0.0386 e. The summed E-state index contributed by atoms with van der Waals surface area (Å²) in [7, 11) is 0. The molecule has 0 spiro atoms. The molecule has 229 valence electrons. The van der Waals surface area contributed by atoms with Gasteiger partial charge in [-0.2, -0.15) is 0 Å². The number of unbranched alkanes of at least 4 members (excludes halogenated alkanes) is 35. The van der Waals surface area contributed by atoms with Gasteiger partial charge in [0.25, 0.3) is 0 Å². The topological polar surface area (TPSA) is 0 Å². The lowest BCUT2D eigenvalue weighted by Crippen LogP contribution is -1.85. The lowest BCUT2D eigenvalue weighted by molar-refractivity contribution is 0.516. The van der Waals surface area contributed by atoms with Crippen LogP contribution in [0.5, 0.6) is 0 Å². The fourth-order valence-corrected chi connectivity index (χ4v) is 5.99. The first-order chi connectivity index (χ1) is 18.9. The van der Waals surface area contributed by atoms with E-state index in [-0.39, 0.29) is 0 Å². The Kier molecular flexibility index (Phi) is 37.0. The van der Waals surface area contributed by atoms with E-state index in [0.717, 1.165) is 0 Å². The van der Waals surface area contributed by atoms with E-state index in [1.165, 1.54) is 225 Å². The molecule has 0 fully saturated rings. The molecule has 0 aliphatic carbocycles. The predicted octanol–water partition coefficient (Wildman–Crippen LogP) is 14.9. The second kappa shape index (κ2) is 37.0. The molecule has 0 aromatic carbocycles. The molecule has 0 nitrogen and oxygen atoms in total. The first-order valence-corrected chi connectivity index (χ1v) is 18.7. The normalized spacial score (nSPS) is 11.5. The maximum atomic E-state index is 2.58. The Hall–Kier alpha value is 0. The third kappa shape index (κ3) is 36.0. The van der Waals surface area contributed by atoms with Crippen LogP contribution in [0.1, 0.15) is 239 Å². The van der Waals surface area contributed by atoms with Crippen molar-refractivity contribution in [3.63, 3.8) is 0 Å². The summed E-state index contributed by atoms with van der Waals surface area (Å²) in [4.78, 5) is 0. The number of rotatable bonds is 35. The zero-order valence-corrected chi connectivity index (χ0v) is 27.3. The highest BCUT2D eigenvalue weighted by Crippen LogP contribution is 2.17. The van der Waals surface area contributed by atoms with Crippen molar-refractivity contribution in [1.82, 2.24) is 0 Å². The molecule has 0 N–H and O–H groups in total. The van der Waals surface area contributed by atoms with Crippen molar-refractivity contribution in [3.05, 3.63) is 6.42 Å². The maximum Gasteiger partial charge on any atom is -0.0386 e. The summed E-state index contributed by atoms with van der Waals surface area (Å²) in [5.41, 5.74) is 0. The Bertz CT molecular complexity index is 336. The predicted molar refractivity (Wildman–Crippen MR) is 177 cm³/mol. The average Bonchev–Trinajstić information content (AvgIpc) is 2.93. The van der Waals surface area contributed by atoms with Gasteiger partial charge in [0.05, 0.1) is 0 Å². The lowest BCUT2D eigenvalue weighted by Gasteiger charge is -2.05. The Morgan fingerprint density at radius 3 is 0.553 bits per heavy atom. The van der Waals surface area contributed by atoms with Crippen LogP contribution in [-0.4, -0.2) is 0 Å². The van der Waals surface area contributed by atoms with Gasteiger partial charge in [-0.3, -0.25) is 0 Å². The molecule has 1 radical (unpaired) electrons. The highest BCUT2D eigenvalue weighted by atomic mass is 14.0. The standard InChI is InChI=1S/C38H77/c1-3-5-7-9-11-13-15-17-19-21-23-25-27-29-31-33-35-37-38-36-34-32-30-28-26-24-22-20-18-16-14-12-10-8-6-4-2/h21H,3-20,22-38H2,1-2H3. The van der Waals surface area contributed by atoms with Crippen molar-refractivity contribution in [2.75, 3.05) is 0 Å². The molecule has 0 amide bonds. The van der Waals surface area contributed by atoms with Gasteiger partial charge < -0.3 is 0 Å². The molecule has 0 heteroatoms. The van der Waals surface area contributed by atoms with E-state index in [4.69, 9.17) is 0 Å². The Morgan fingerprint density at radius 2 is 0.368 bits per heavy atom. The van der Waals surface area contributed by atoms with E-state index in [2.05, 4.69) is 20.3 Å². The van der Waals surface area contributed by atoms with E-state index >= 15 is 0 Å². The molecule has 0 aromatic heterocycles. The molecule has 0 unspecified atom stereocenters. The zero-order valence-electron chi connectivity index (χ0n) is 27.3. The third-order valence-electron chi connectivity index (χ3n) is 8.77. The van der Waals surface area contributed by atoms with Crippen molar-refractivity contribution in [2.24, 2.45) is 0 Å². The molecule has 0 aromatic rings. The highest BCUT2D eigenvalue weighted by Gasteiger charge is 1.97. The van der Waals surface area contributed by atoms with Gasteiger partial charge in [0.15, 0.2) is 0 Å². The zero-order chi connectivity index (χ0) is 27.5. The summed E-state index contributed by atoms with van der Waals surface area (Å²) >= 11 is 0. The summed E-state index contributed by atoms with van der Waals surface area (Å²) in [6.07, 6.45) is 53.9. The Balaban J connectivity index is 3.01. The minimum absolute atomic E-state index is 1.37. The minimum atomic E-state index is 1.37. The summed E-state index contributed by atoms with van der Waals surface area (Å²) in [6.45, 7) is 4.61. The second-order valence-electron chi connectivity index (χ2n) is 12.8. The summed E-state index contributed by atoms with van der Waals surface area (Å²) in [5, 5.41) is 0. The summed E-state index contributed by atoms with van der Waals surface area (Å²) in [5.74, 6) is 0. The van der Waals surface area contributed by atoms with Crippen molar-refractivity contribution >= 4 is 0 Å². The molecule has 0 saturated carbocycles. The second-order valence-corrected chi connectivity index (χ2v) is 12.8. The van der Waals surface area contributed by atoms with Gasteiger partial charge in [-0.25, -0.2) is 0 Å². The van der Waals surface area contributed by atoms with Crippen molar-refractivity contribution in [1.29, 1.82) is 0 Å². The van der Waals surface area contributed by atoms with E-state index in [9.17, 15) is 0 Å². The first-order valence-electron chi connectivity index (χ1n) is 18.7. The van der Waals surface area contributed by atoms with Gasteiger partial charge in [0.2, 0.25) is 0 Å². The number of hydrogen-bond donors (Lipinski definition) is 0. The van der Waals surface area contributed by atoms with Gasteiger partial charge in [-0.1, -0.05) is 239 Å². The van der Waals surface area contributed by atoms with Crippen molar-refractivity contribution < 1.29 is 0 Å². The van der Waals surface area contributed by atoms with Crippen LogP contribution in [0.15, 0.2) is 0 Å². The molecule has 0 bridgehead atoms. The van der Waals surface area contributed by atoms with Crippen LogP contribution in [0.2, 0.25) is 0 Å². The SMILES string of the molecule is CCCCCCCCCC[CH]CCCCCCCCCCCCCCCCCCCCCCCCCCC. The van der Waals surface area contributed by atoms with Crippen LogP contribution in [0.3, 0.4) is 0 Å². The van der Waals surface area contributed by atoms with Gasteiger partial charge in [0, 0.05) is 0 Å². The van der Waals surface area contributed by atoms with Crippen LogP contribution >= 0.6 is 0 Å². The molecular formula is C38H77. The van der Waals surface area contributed by atoms with Gasteiger partial charge in [0.1, 0.15) is 0 Å². The Morgan fingerprint density at radius 1 is 0.211 bits per heavy atom. The molecule has 0 atom stereocenters. The largest absolute Gasteiger partial charge is 0.0654 e. The van der Waals surface area contributed by atoms with E-state index in [0.29, 0.717) is 0 Å². The highest BCUT2D eigenvalue weighted by molar-refractivity contribution is 4.64. The fraction of sp³-hybridized carbons (Fsp3) is 0.974. The van der Waals surface area contributed by atoms with Gasteiger partial charge in [-0.15, -0.1) is 0 Å². The summed E-state index contributed by atoms with van der Waals surface area (Å²) < 4.78 is 0. The third-order valence-corrected chi connectivity index (χ3v) is 8.77. The van der Waals surface area contributed by atoms with E-state index in [1.54, 1.807) is 0 Å². The van der Waals surface area contributed by atoms with Crippen LogP contribution in [0.25, 0.3) is 0 Å². The Labute approximate surface area is 244 Å². The van der Waals surface area contributed by atoms with Crippen LogP contribution < -0.4 is 0 Å². The van der Waals surface area contributed by atoms with E-state index < -0.39 is 0 Å². The van der Waals surface area contributed by atoms with Crippen LogP contribution in [0.4, 0.5) is 0 Å². The van der Waals surface area contributed by atoms with Crippen molar-refractivity contribution in [3.8, 4) is 0 Å². The van der Waals surface area contributed by atoms with Crippen LogP contribution in [-0.2, 0) is 0 Å². The first kappa shape index (κ1) is 38.0. The number of hydrogen-bond acceptors (Lipinski definition) is 0. The minimum Gasteiger partial charge on any atom is -0.0654 e.